The van der Waals surface area contributed by atoms with Crippen LogP contribution in [-0.4, -0.2) is 57.4 Å². The molecule has 4 nitrogen and oxygen atoms in total. The molecule has 1 N–H and O–H groups in total. The number of halogens is 1. The quantitative estimate of drug-likeness (QED) is 0.642. The van der Waals surface area contributed by atoms with Gasteiger partial charge >= 0.3 is 0 Å². The van der Waals surface area contributed by atoms with Crippen molar-refractivity contribution in [1.29, 1.82) is 0 Å². The van der Waals surface area contributed by atoms with Crippen molar-refractivity contribution in [3.63, 3.8) is 0 Å². The molecule has 132 valence electrons. The van der Waals surface area contributed by atoms with Gasteiger partial charge in [-0.05, 0) is 30.0 Å². The van der Waals surface area contributed by atoms with E-state index in [4.69, 9.17) is 9.47 Å². The van der Waals surface area contributed by atoms with Crippen LogP contribution >= 0.6 is 0 Å². The molecule has 23 heavy (non-hydrogen) atoms. The highest BCUT2D eigenvalue weighted by Crippen LogP contribution is 2.27. The highest BCUT2D eigenvalue weighted by atomic mass is 35.5. The minimum atomic E-state index is 0. The van der Waals surface area contributed by atoms with Gasteiger partial charge in [-0.2, -0.15) is 0 Å². The summed E-state index contributed by atoms with van der Waals surface area (Å²) in [5.74, 6) is 1.52. The molecule has 0 radical (unpaired) electrons. The maximum absolute atomic E-state index is 5.98. The molecule has 0 spiro atoms. The number of hydrogen-bond donors (Lipinski definition) is 1. The summed E-state index contributed by atoms with van der Waals surface area (Å²) in [5.41, 5.74) is 2.54. The maximum Gasteiger partial charge on any atom is 0.123 e. The van der Waals surface area contributed by atoms with Gasteiger partial charge in [0, 0.05) is 32.7 Å². The average Bonchev–Trinajstić information content (AvgIpc) is 2.51. The third kappa shape index (κ3) is 7.08. The predicted octanol–water partition coefficient (Wildman–Crippen LogP) is -0.577. The Balaban J connectivity index is 0.00000264. The number of hydrogen-bond acceptors (Lipinski definition) is 4. The Morgan fingerprint density at radius 1 is 1.22 bits per heavy atom. The standard InChI is InChI=1S/C18H30N2O2.ClH/c1-15(2)17-5-4-16(3)14-18(17)22-11-7-19-6-8-20-9-12-21-13-10-20;/h4-5,14-15,19H,6-13H2,1-3H3;1H/p-1. The van der Waals surface area contributed by atoms with Gasteiger partial charge in [0.2, 0.25) is 0 Å². The molecule has 0 amide bonds. The first-order chi connectivity index (χ1) is 10.7. The van der Waals surface area contributed by atoms with Crippen molar-refractivity contribution in [2.45, 2.75) is 26.7 Å². The lowest BCUT2D eigenvalue weighted by Gasteiger charge is -2.26. The number of nitrogens with one attached hydrogen (secondary N) is 1. The fourth-order valence-corrected chi connectivity index (χ4v) is 2.66. The predicted molar refractivity (Wildman–Crippen MR) is 90.9 cm³/mol. The zero-order valence-electron chi connectivity index (χ0n) is 14.6. The monoisotopic (exact) mass is 341 g/mol. The highest BCUT2D eigenvalue weighted by molar-refractivity contribution is 5.39. The summed E-state index contributed by atoms with van der Waals surface area (Å²) >= 11 is 0. The lowest BCUT2D eigenvalue weighted by atomic mass is 10.0. The molecule has 5 heteroatoms. The minimum Gasteiger partial charge on any atom is -1.00 e. The zero-order chi connectivity index (χ0) is 15.8. The third-order valence-electron chi connectivity index (χ3n) is 4.04. The summed E-state index contributed by atoms with van der Waals surface area (Å²) in [5, 5.41) is 3.46. The van der Waals surface area contributed by atoms with Gasteiger partial charge in [-0.25, -0.2) is 0 Å². The van der Waals surface area contributed by atoms with Crippen molar-refractivity contribution in [1.82, 2.24) is 10.2 Å². The first kappa shape index (κ1) is 20.2. The van der Waals surface area contributed by atoms with Crippen LogP contribution in [0.4, 0.5) is 0 Å². The van der Waals surface area contributed by atoms with E-state index in [1.807, 2.05) is 0 Å². The molecule has 1 fully saturated rings. The van der Waals surface area contributed by atoms with Crippen LogP contribution in [0.5, 0.6) is 5.75 Å². The molecule has 0 saturated carbocycles. The van der Waals surface area contributed by atoms with Crippen molar-refractivity contribution >= 4 is 0 Å². The van der Waals surface area contributed by atoms with Crippen molar-refractivity contribution in [3.05, 3.63) is 29.3 Å². The van der Waals surface area contributed by atoms with E-state index in [1.165, 1.54) is 11.1 Å². The van der Waals surface area contributed by atoms with Gasteiger partial charge in [0.1, 0.15) is 12.4 Å². The number of benzene rings is 1. The molecule has 1 aromatic rings. The first-order valence-electron chi connectivity index (χ1n) is 8.41. The molecule has 0 aromatic heterocycles. The van der Waals surface area contributed by atoms with E-state index in [1.54, 1.807) is 0 Å². The van der Waals surface area contributed by atoms with E-state index < -0.39 is 0 Å². The topological polar surface area (TPSA) is 33.7 Å². The largest absolute Gasteiger partial charge is 1.00 e. The molecule has 0 bridgehead atoms. The fourth-order valence-electron chi connectivity index (χ4n) is 2.66. The summed E-state index contributed by atoms with van der Waals surface area (Å²) in [4.78, 5) is 2.44. The van der Waals surface area contributed by atoms with Gasteiger partial charge in [-0.15, -0.1) is 0 Å². The average molecular weight is 342 g/mol. The number of nitrogens with zero attached hydrogens (tertiary/aromatic N) is 1. The summed E-state index contributed by atoms with van der Waals surface area (Å²) in [6, 6.07) is 6.48. The SMILES string of the molecule is Cc1ccc(C(C)C)c(OCCNCCN2CCOCC2)c1.[Cl-]. The summed E-state index contributed by atoms with van der Waals surface area (Å²) in [6.45, 7) is 14.1. The zero-order valence-corrected chi connectivity index (χ0v) is 15.4. The third-order valence-corrected chi connectivity index (χ3v) is 4.04. The number of morpholine rings is 1. The molecule has 1 heterocycles. The second-order valence-electron chi connectivity index (χ2n) is 6.25. The van der Waals surface area contributed by atoms with Crippen molar-refractivity contribution in [2.75, 3.05) is 52.5 Å². The van der Waals surface area contributed by atoms with Crippen molar-refractivity contribution in [2.24, 2.45) is 0 Å². The molecule has 0 aliphatic carbocycles. The van der Waals surface area contributed by atoms with Crippen LogP contribution in [0.2, 0.25) is 0 Å². The highest BCUT2D eigenvalue weighted by Gasteiger charge is 2.09. The van der Waals surface area contributed by atoms with Crippen LogP contribution in [0.3, 0.4) is 0 Å². The Hall–Kier alpha value is -0.810. The Morgan fingerprint density at radius 3 is 2.65 bits per heavy atom. The summed E-state index contributed by atoms with van der Waals surface area (Å²) in [7, 11) is 0. The van der Waals surface area contributed by atoms with Crippen LogP contribution in [0.1, 0.15) is 30.9 Å². The van der Waals surface area contributed by atoms with Gasteiger partial charge in [0.05, 0.1) is 13.2 Å². The molecule has 1 aliphatic heterocycles. The molecule has 0 unspecified atom stereocenters. The van der Waals surface area contributed by atoms with Crippen LogP contribution in [0.25, 0.3) is 0 Å². The number of aryl methyl sites for hydroxylation is 1. The van der Waals surface area contributed by atoms with E-state index >= 15 is 0 Å². The van der Waals surface area contributed by atoms with Gasteiger partial charge in [0.15, 0.2) is 0 Å². The summed E-state index contributed by atoms with van der Waals surface area (Å²) in [6.07, 6.45) is 0. The summed E-state index contributed by atoms with van der Waals surface area (Å²) < 4.78 is 11.3. The molecule has 0 atom stereocenters. The fraction of sp³-hybridized carbons (Fsp3) is 0.667. The molecular formula is C18H30ClN2O2-. The Labute approximate surface area is 146 Å². The molecule has 2 rings (SSSR count). The second-order valence-corrected chi connectivity index (χ2v) is 6.25. The molecule has 1 aliphatic rings. The van der Waals surface area contributed by atoms with Gasteiger partial charge in [0.25, 0.3) is 0 Å². The molecule has 1 saturated heterocycles. The number of rotatable bonds is 8. The minimum absolute atomic E-state index is 0. The Bertz CT molecular complexity index is 449. The molecular weight excluding hydrogens is 312 g/mol. The van der Waals surface area contributed by atoms with Crippen LogP contribution < -0.4 is 22.5 Å². The van der Waals surface area contributed by atoms with E-state index in [2.05, 4.69) is 49.2 Å². The first-order valence-corrected chi connectivity index (χ1v) is 8.41. The van der Waals surface area contributed by atoms with E-state index in [9.17, 15) is 0 Å². The Morgan fingerprint density at radius 2 is 1.96 bits per heavy atom. The lowest BCUT2D eigenvalue weighted by molar-refractivity contribution is -0.00000682. The lowest BCUT2D eigenvalue weighted by Crippen LogP contribution is -3.00. The smallest absolute Gasteiger partial charge is 0.123 e. The van der Waals surface area contributed by atoms with Gasteiger partial charge < -0.3 is 27.2 Å². The molecule has 1 aromatic carbocycles. The van der Waals surface area contributed by atoms with E-state index in [-0.39, 0.29) is 12.4 Å². The van der Waals surface area contributed by atoms with Crippen LogP contribution in [0.15, 0.2) is 18.2 Å². The van der Waals surface area contributed by atoms with Crippen LogP contribution in [-0.2, 0) is 4.74 Å². The number of ether oxygens (including phenoxy) is 2. The normalized spacial score (nSPS) is 15.5. The van der Waals surface area contributed by atoms with E-state index in [0.29, 0.717) is 12.5 Å². The van der Waals surface area contributed by atoms with E-state index in [0.717, 1.165) is 51.7 Å². The van der Waals surface area contributed by atoms with Gasteiger partial charge in [-0.1, -0.05) is 26.0 Å². The van der Waals surface area contributed by atoms with Crippen molar-refractivity contribution < 1.29 is 21.9 Å². The van der Waals surface area contributed by atoms with Crippen molar-refractivity contribution in [3.8, 4) is 5.75 Å². The Kier molecular flexibility index (Phi) is 9.56. The maximum atomic E-state index is 5.98. The van der Waals surface area contributed by atoms with Gasteiger partial charge in [-0.3, -0.25) is 4.90 Å². The second kappa shape index (κ2) is 10.9. The van der Waals surface area contributed by atoms with Crippen LogP contribution in [0, 0.1) is 6.92 Å².